The third-order valence-corrected chi connectivity index (χ3v) is 0.312. The molecule has 0 spiro atoms. The Hall–Kier alpha value is 0.960. The van der Waals surface area contributed by atoms with Crippen LogP contribution in [0.3, 0.4) is 0 Å². The summed E-state index contributed by atoms with van der Waals surface area (Å²) < 4.78 is 0. The number of hydrogen-bond acceptors (Lipinski definition) is 1. The second-order valence-corrected chi connectivity index (χ2v) is 1.29. The monoisotopic (exact) mass is 97.1 g/mol. The molecule has 1 unspecified atom stereocenters. The third kappa shape index (κ3) is 8.88. The van der Waals surface area contributed by atoms with Crippen molar-refractivity contribution in [3.63, 3.8) is 0 Å². The first kappa shape index (κ1) is 10.0. The van der Waals surface area contributed by atoms with Crippen LogP contribution in [0.25, 0.3) is 0 Å². The Morgan fingerprint density at radius 1 is 1.83 bits per heavy atom. The molecular formula is C4H10NaO. The van der Waals surface area contributed by atoms with E-state index in [9.17, 15) is 0 Å². The molecule has 0 rings (SSSR count). The molecule has 0 fully saturated rings. The first-order valence-corrected chi connectivity index (χ1v) is 1.71. The van der Waals surface area contributed by atoms with Crippen LogP contribution in [-0.2, 0) is 0 Å². The van der Waals surface area contributed by atoms with Gasteiger partial charge in [-0.3, -0.25) is 0 Å². The van der Waals surface area contributed by atoms with Crippen LogP contribution < -0.4 is 0 Å². The molecule has 33 valence electrons. The van der Waals surface area contributed by atoms with Gasteiger partial charge in [0.25, 0.3) is 0 Å². The summed E-state index contributed by atoms with van der Waals surface area (Å²) in [6.07, 6.45) is 0. The van der Waals surface area contributed by atoms with Crippen LogP contribution in [0.1, 0.15) is 6.92 Å². The molecule has 0 heterocycles. The molecule has 1 radical (unpaired) electrons. The van der Waals surface area contributed by atoms with E-state index >= 15 is 0 Å². The molecule has 1 atom stereocenters. The Balaban J connectivity index is 0. The molecule has 2 heteroatoms. The Bertz CT molecular complexity index is 21.5. The fraction of sp³-hybridized carbons (Fsp3) is 0.750. The molecule has 0 aliphatic heterocycles. The standard InChI is InChI=1S/C4H9O.Na.H/c1-4(2)3-5;;/h4-5H,1,3H2,2H3;;. The van der Waals surface area contributed by atoms with E-state index < -0.39 is 0 Å². The molecule has 0 aliphatic rings. The van der Waals surface area contributed by atoms with E-state index in [1.807, 2.05) is 6.92 Å². The van der Waals surface area contributed by atoms with Gasteiger partial charge in [-0.05, 0) is 12.8 Å². The van der Waals surface area contributed by atoms with E-state index in [4.69, 9.17) is 5.11 Å². The molecular weight excluding hydrogens is 87.0 g/mol. The van der Waals surface area contributed by atoms with Crippen molar-refractivity contribution in [2.24, 2.45) is 5.92 Å². The van der Waals surface area contributed by atoms with Crippen molar-refractivity contribution in [3.8, 4) is 0 Å². The summed E-state index contributed by atoms with van der Waals surface area (Å²) in [6, 6.07) is 0. The molecule has 1 nitrogen and oxygen atoms in total. The summed E-state index contributed by atoms with van der Waals surface area (Å²) in [7, 11) is 0. The summed E-state index contributed by atoms with van der Waals surface area (Å²) in [5.74, 6) is 0.190. The van der Waals surface area contributed by atoms with Crippen molar-refractivity contribution in [1.82, 2.24) is 0 Å². The van der Waals surface area contributed by atoms with E-state index in [1.54, 1.807) is 0 Å². The average Bonchev–Trinajstić information content (AvgIpc) is 1.38. The van der Waals surface area contributed by atoms with Gasteiger partial charge in [0.05, 0.1) is 0 Å². The van der Waals surface area contributed by atoms with E-state index in [-0.39, 0.29) is 42.1 Å². The Morgan fingerprint density at radius 3 is 2.00 bits per heavy atom. The van der Waals surface area contributed by atoms with Crippen molar-refractivity contribution >= 4 is 29.6 Å². The molecule has 0 aromatic carbocycles. The quantitative estimate of drug-likeness (QED) is 0.449. The van der Waals surface area contributed by atoms with E-state index in [0.29, 0.717) is 0 Å². The molecule has 0 aliphatic carbocycles. The van der Waals surface area contributed by atoms with E-state index in [1.165, 1.54) is 0 Å². The molecule has 0 bridgehead atoms. The minimum atomic E-state index is 0. The van der Waals surface area contributed by atoms with Gasteiger partial charge in [-0.15, -0.1) is 0 Å². The molecule has 6 heavy (non-hydrogen) atoms. The number of rotatable bonds is 1. The van der Waals surface area contributed by atoms with Crippen molar-refractivity contribution in [2.45, 2.75) is 6.92 Å². The minimum absolute atomic E-state index is 0. The molecule has 0 saturated carbocycles. The normalized spacial score (nSPS) is 8.00. The van der Waals surface area contributed by atoms with Gasteiger partial charge in [0, 0.05) is 6.61 Å². The number of hydrogen-bond donors (Lipinski definition) is 1. The van der Waals surface area contributed by atoms with Crippen molar-refractivity contribution in [2.75, 3.05) is 6.61 Å². The fourth-order valence-electron chi connectivity index (χ4n) is 0. The number of aliphatic hydroxyl groups is 1. The van der Waals surface area contributed by atoms with Crippen molar-refractivity contribution < 1.29 is 5.11 Å². The van der Waals surface area contributed by atoms with Crippen LogP contribution in [0.15, 0.2) is 0 Å². The van der Waals surface area contributed by atoms with Crippen LogP contribution in [0.5, 0.6) is 0 Å². The van der Waals surface area contributed by atoms with Gasteiger partial charge in [-0.2, -0.15) is 0 Å². The number of aliphatic hydroxyl groups excluding tert-OH is 1. The first-order chi connectivity index (χ1) is 2.27. The summed E-state index contributed by atoms with van der Waals surface area (Å²) in [5.41, 5.74) is 0. The van der Waals surface area contributed by atoms with Crippen LogP contribution >= 0.6 is 0 Å². The fourth-order valence-corrected chi connectivity index (χ4v) is 0. The Morgan fingerprint density at radius 2 is 2.00 bits per heavy atom. The predicted molar refractivity (Wildman–Crippen MR) is 28.8 cm³/mol. The van der Waals surface area contributed by atoms with Gasteiger partial charge in [-0.25, -0.2) is 0 Å². The van der Waals surface area contributed by atoms with E-state index in [0.717, 1.165) is 0 Å². The third-order valence-electron chi connectivity index (χ3n) is 0.312. The summed E-state index contributed by atoms with van der Waals surface area (Å²) in [6.45, 7) is 5.56. The van der Waals surface area contributed by atoms with Gasteiger partial charge in [0.1, 0.15) is 0 Å². The van der Waals surface area contributed by atoms with Crippen molar-refractivity contribution in [1.29, 1.82) is 0 Å². The topological polar surface area (TPSA) is 20.2 Å². The van der Waals surface area contributed by atoms with Gasteiger partial charge in [-0.1, -0.05) is 6.92 Å². The maximum atomic E-state index is 8.08. The molecule has 0 saturated heterocycles. The van der Waals surface area contributed by atoms with Gasteiger partial charge in [0.2, 0.25) is 0 Å². The summed E-state index contributed by atoms with van der Waals surface area (Å²) >= 11 is 0. The van der Waals surface area contributed by atoms with Crippen LogP contribution in [0.4, 0.5) is 0 Å². The Labute approximate surface area is 61.0 Å². The van der Waals surface area contributed by atoms with Crippen LogP contribution in [0, 0.1) is 12.8 Å². The molecule has 1 N–H and O–H groups in total. The molecule has 0 aromatic rings. The zero-order chi connectivity index (χ0) is 4.28. The molecule has 0 amide bonds. The first-order valence-electron chi connectivity index (χ1n) is 1.71. The average molecular weight is 97.1 g/mol. The van der Waals surface area contributed by atoms with Crippen molar-refractivity contribution in [3.05, 3.63) is 6.92 Å². The van der Waals surface area contributed by atoms with Gasteiger partial charge >= 0.3 is 29.6 Å². The summed E-state index contributed by atoms with van der Waals surface area (Å²) in [5, 5.41) is 8.08. The predicted octanol–water partition coefficient (Wildman–Crippen LogP) is -0.200. The maximum absolute atomic E-state index is 8.08. The van der Waals surface area contributed by atoms with Crippen LogP contribution in [0.2, 0.25) is 0 Å². The van der Waals surface area contributed by atoms with Gasteiger partial charge in [0.15, 0.2) is 0 Å². The van der Waals surface area contributed by atoms with E-state index in [2.05, 4.69) is 6.92 Å². The zero-order valence-electron chi connectivity index (χ0n) is 3.44. The molecule has 0 aromatic heterocycles. The second-order valence-electron chi connectivity index (χ2n) is 1.29. The zero-order valence-corrected chi connectivity index (χ0v) is 3.44. The summed E-state index contributed by atoms with van der Waals surface area (Å²) in [4.78, 5) is 0. The second kappa shape index (κ2) is 5.96. The van der Waals surface area contributed by atoms with Gasteiger partial charge < -0.3 is 5.11 Å². The van der Waals surface area contributed by atoms with Crippen LogP contribution in [-0.4, -0.2) is 41.3 Å². The Kier molecular flexibility index (Phi) is 9.98. The SMILES string of the molecule is [CH2]C(C)CO.[NaH].